The Morgan fingerprint density at radius 1 is 1.14 bits per heavy atom. The zero-order chi connectivity index (χ0) is 20.4. The minimum absolute atomic E-state index is 0. The summed E-state index contributed by atoms with van der Waals surface area (Å²) in [6.45, 7) is 4.54. The average molecular weight is 432 g/mol. The Morgan fingerprint density at radius 2 is 1.86 bits per heavy atom. The van der Waals surface area contributed by atoms with Gasteiger partial charge in [-0.2, -0.15) is 0 Å². The van der Waals surface area contributed by atoms with Crippen LogP contribution in [0.3, 0.4) is 0 Å². The molecule has 0 saturated heterocycles. The lowest BCUT2D eigenvalue weighted by molar-refractivity contribution is -0.216. The fourth-order valence-electron chi connectivity index (χ4n) is 8.18. The largest absolute Gasteiger partial charge is 0.468 e. The van der Waals surface area contributed by atoms with Crippen LogP contribution >= 0.6 is 12.4 Å². The van der Waals surface area contributed by atoms with Crippen molar-refractivity contribution >= 4 is 18.4 Å². The number of esters is 1. The molecule has 7 heteroatoms. The first-order chi connectivity index (χ1) is 13.1. The number of aliphatic hydroxyl groups excluding tert-OH is 2. The molecule has 0 heterocycles. The number of ether oxygens (including phenoxy) is 1. The predicted octanol–water partition coefficient (Wildman–Crippen LogP) is 2.24. The summed E-state index contributed by atoms with van der Waals surface area (Å²) in [6, 6.07) is 0. The molecule has 4 fully saturated rings. The third-order valence-electron chi connectivity index (χ3n) is 9.90. The number of methoxy groups -OCH3 is 1. The van der Waals surface area contributed by atoms with Crippen molar-refractivity contribution in [2.45, 2.75) is 77.0 Å². The van der Waals surface area contributed by atoms with Crippen molar-refractivity contribution in [2.24, 2.45) is 34.0 Å². The standard InChI is InChI=1S/C22H37NO5.ClH/c1-19(13-24)16-5-4-14-10-15-11-21(14,20(16,2)7-6-17(19)25)8-9-22(15,27)23-12-18(26)28-3;/h14-17,23-25,27H,4-13H2,1-3H3;1H/t14-,15?,16-,17+,19-,20-,21-,22+;/m0./s1. The van der Waals surface area contributed by atoms with Gasteiger partial charge >= 0.3 is 5.97 Å². The molecule has 0 radical (unpaired) electrons. The van der Waals surface area contributed by atoms with Gasteiger partial charge in [0.05, 0.1) is 26.4 Å². The van der Waals surface area contributed by atoms with Crippen LogP contribution in [0.5, 0.6) is 0 Å². The van der Waals surface area contributed by atoms with Crippen LogP contribution < -0.4 is 5.32 Å². The van der Waals surface area contributed by atoms with Crippen molar-refractivity contribution < 1.29 is 24.9 Å². The lowest BCUT2D eigenvalue weighted by Crippen LogP contribution is -2.64. The van der Waals surface area contributed by atoms with Gasteiger partial charge in [-0.25, -0.2) is 0 Å². The molecule has 8 atom stereocenters. The Hall–Kier alpha value is -0.400. The third kappa shape index (κ3) is 3.08. The fourth-order valence-corrected chi connectivity index (χ4v) is 8.18. The smallest absolute Gasteiger partial charge is 0.319 e. The van der Waals surface area contributed by atoms with E-state index < -0.39 is 17.2 Å². The molecule has 0 aromatic heterocycles. The third-order valence-corrected chi connectivity index (χ3v) is 9.90. The molecule has 4 aliphatic rings. The van der Waals surface area contributed by atoms with Gasteiger partial charge in [-0.05, 0) is 74.0 Å². The van der Waals surface area contributed by atoms with Crippen LogP contribution in [-0.2, 0) is 9.53 Å². The first-order valence-electron chi connectivity index (χ1n) is 11.0. The fraction of sp³-hybridized carbons (Fsp3) is 0.955. The van der Waals surface area contributed by atoms with Crippen molar-refractivity contribution in [3.63, 3.8) is 0 Å². The molecule has 4 rings (SSSR count). The summed E-state index contributed by atoms with van der Waals surface area (Å²) >= 11 is 0. The highest BCUT2D eigenvalue weighted by Gasteiger charge is 2.70. The van der Waals surface area contributed by atoms with Crippen molar-refractivity contribution in [1.29, 1.82) is 0 Å². The van der Waals surface area contributed by atoms with Crippen LogP contribution in [0.25, 0.3) is 0 Å². The Bertz CT molecular complexity index is 649. The Kier molecular flexibility index (Phi) is 6.12. The normalized spacial score (nSPS) is 50.8. The zero-order valence-electron chi connectivity index (χ0n) is 17.9. The molecule has 6 nitrogen and oxygen atoms in total. The van der Waals surface area contributed by atoms with Crippen LogP contribution in [0.4, 0.5) is 0 Å². The van der Waals surface area contributed by atoms with Gasteiger partial charge in [0.15, 0.2) is 0 Å². The van der Waals surface area contributed by atoms with Gasteiger partial charge in [0.25, 0.3) is 0 Å². The van der Waals surface area contributed by atoms with E-state index in [4.69, 9.17) is 4.74 Å². The van der Waals surface area contributed by atoms with E-state index in [1.165, 1.54) is 7.11 Å². The molecule has 4 N–H and O–H groups in total. The molecule has 2 bridgehead atoms. The lowest BCUT2D eigenvalue weighted by atomic mass is 9.39. The highest BCUT2D eigenvalue weighted by Crippen LogP contribution is 2.75. The summed E-state index contributed by atoms with van der Waals surface area (Å²) in [7, 11) is 1.37. The quantitative estimate of drug-likeness (QED) is 0.402. The minimum Gasteiger partial charge on any atom is -0.468 e. The van der Waals surface area contributed by atoms with E-state index in [9.17, 15) is 20.1 Å². The molecule has 168 valence electrons. The van der Waals surface area contributed by atoms with Crippen molar-refractivity contribution in [2.75, 3.05) is 20.3 Å². The molecule has 4 saturated carbocycles. The van der Waals surface area contributed by atoms with Crippen molar-refractivity contribution in [3.8, 4) is 0 Å². The van der Waals surface area contributed by atoms with E-state index in [1.54, 1.807) is 0 Å². The molecule has 29 heavy (non-hydrogen) atoms. The lowest BCUT2D eigenvalue weighted by Gasteiger charge is -2.66. The van der Waals surface area contributed by atoms with Gasteiger partial charge in [0, 0.05) is 11.3 Å². The van der Waals surface area contributed by atoms with Gasteiger partial charge in [-0.3, -0.25) is 10.1 Å². The zero-order valence-corrected chi connectivity index (χ0v) is 18.8. The number of aliphatic hydroxyl groups is 3. The summed E-state index contributed by atoms with van der Waals surface area (Å²) < 4.78 is 4.73. The summed E-state index contributed by atoms with van der Waals surface area (Å²) in [4.78, 5) is 11.6. The molecule has 0 amide bonds. The second-order valence-corrected chi connectivity index (χ2v) is 10.6. The second-order valence-electron chi connectivity index (χ2n) is 10.6. The SMILES string of the molecule is COC(=O)CN[C@@]1(O)CC[C@]23CC1C[C@@H]2CC[C@H]1[C@](C)(CO)[C@H](O)CC[C@@]13C.Cl. The van der Waals surface area contributed by atoms with Crippen LogP contribution in [0, 0.1) is 34.0 Å². The van der Waals surface area contributed by atoms with Crippen LogP contribution in [-0.4, -0.2) is 53.4 Å². The van der Waals surface area contributed by atoms with Crippen molar-refractivity contribution in [1.82, 2.24) is 5.32 Å². The first kappa shape index (κ1) is 23.3. The highest BCUT2D eigenvalue weighted by atomic mass is 35.5. The summed E-state index contributed by atoms with van der Waals surface area (Å²) in [5.41, 5.74) is -1.21. The van der Waals surface area contributed by atoms with Gasteiger partial charge < -0.3 is 20.1 Å². The number of carbonyl (C=O) groups excluding carboxylic acids is 1. The predicted molar refractivity (Wildman–Crippen MR) is 111 cm³/mol. The number of hydrogen-bond donors (Lipinski definition) is 4. The molecule has 1 unspecified atom stereocenters. The average Bonchev–Trinajstić information content (AvgIpc) is 3.04. The maximum Gasteiger partial charge on any atom is 0.319 e. The van der Waals surface area contributed by atoms with E-state index in [0.29, 0.717) is 18.3 Å². The second kappa shape index (κ2) is 7.63. The van der Waals surface area contributed by atoms with E-state index in [1.807, 2.05) is 0 Å². The van der Waals surface area contributed by atoms with Crippen LogP contribution in [0.1, 0.15) is 65.2 Å². The number of hydrogen-bond acceptors (Lipinski definition) is 6. The van der Waals surface area contributed by atoms with Gasteiger partial charge in [-0.1, -0.05) is 13.8 Å². The van der Waals surface area contributed by atoms with Crippen LogP contribution in [0.2, 0.25) is 0 Å². The molecule has 0 aromatic rings. The van der Waals surface area contributed by atoms with Gasteiger partial charge in [0.2, 0.25) is 0 Å². The summed E-state index contributed by atoms with van der Waals surface area (Å²) in [5, 5.41) is 35.4. The Balaban J connectivity index is 0.00000240. The molecular weight excluding hydrogens is 394 g/mol. The van der Waals surface area contributed by atoms with E-state index in [2.05, 4.69) is 19.2 Å². The van der Waals surface area contributed by atoms with Gasteiger partial charge in [-0.15, -0.1) is 12.4 Å². The van der Waals surface area contributed by atoms with Gasteiger partial charge in [0.1, 0.15) is 5.72 Å². The monoisotopic (exact) mass is 431 g/mol. The number of fused-ring (bicyclic) bond motifs is 2. The molecule has 0 aromatic carbocycles. The topological polar surface area (TPSA) is 99.0 Å². The molecule has 0 aliphatic heterocycles. The number of halogens is 1. The summed E-state index contributed by atoms with van der Waals surface area (Å²) in [5.74, 6) is 0.665. The highest BCUT2D eigenvalue weighted by molar-refractivity contribution is 5.85. The van der Waals surface area contributed by atoms with E-state index in [0.717, 1.165) is 44.9 Å². The number of nitrogens with one attached hydrogen (secondary N) is 1. The molecule has 1 spiro atoms. The van der Waals surface area contributed by atoms with Crippen molar-refractivity contribution in [3.05, 3.63) is 0 Å². The number of rotatable bonds is 4. The van der Waals surface area contributed by atoms with E-state index in [-0.39, 0.29) is 48.3 Å². The van der Waals surface area contributed by atoms with E-state index >= 15 is 0 Å². The molecular formula is C22H38ClNO5. The maximum absolute atomic E-state index is 11.6. The Labute approximate surface area is 180 Å². The minimum atomic E-state index is -1.00. The maximum atomic E-state index is 11.6. The molecule has 4 aliphatic carbocycles. The van der Waals surface area contributed by atoms with Crippen LogP contribution in [0.15, 0.2) is 0 Å². The summed E-state index contributed by atoms with van der Waals surface area (Å²) in [6.07, 6.45) is 6.97. The first-order valence-corrected chi connectivity index (χ1v) is 11.0. The Morgan fingerprint density at radius 3 is 2.52 bits per heavy atom. The number of carbonyl (C=O) groups is 1.